The van der Waals surface area contributed by atoms with Crippen LogP contribution in [0.1, 0.15) is 33.8 Å². The Kier molecular flexibility index (Phi) is 5.56. The molecule has 4 rings (SSSR count). The molecule has 0 saturated heterocycles. The zero-order chi connectivity index (χ0) is 22.0. The number of anilines is 1. The third-order valence-electron chi connectivity index (χ3n) is 4.69. The summed E-state index contributed by atoms with van der Waals surface area (Å²) in [5, 5.41) is 9.67. The van der Waals surface area contributed by atoms with Crippen LogP contribution < -0.4 is 16.3 Å². The van der Waals surface area contributed by atoms with Gasteiger partial charge in [-0.15, -0.1) is 0 Å². The lowest BCUT2D eigenvalue weighted by molar-refractivity contribution is -0.135. The van der Waals surface area contributed by atoms with E-state index in [9.17, 15) is 14.9 Å². The fraction of sp³-hybridized carbons (Fsp3) is 0.136. The zero-order valence-corrected chi connectivity index (χ0v) is 17.3. The Balaban J connectivity index is 2.07. The Morgan fingerprint density at radius 2 is 2.06 bits per heavy atom. The van der Waals surface area contributed by atoms with Crippen molar-refractivity contribution in [1.29, 1.82) is 5.26 Å². The van der Waals surface area contributed by atoms with E-state index in [1.54, 1.807) is 56.0 Å². The molecule has 0 aliphatic carbocycles. The van der Waals surface area contributed by atoms with Crippen LogP contribution in [0.25, 0.3) is 11.0 Å². The summed E-state index contributed by atoms with van der Waals surface area (Å²) in [6, 6.07) is 9.03. The van der Waals surface area contributed by atoms with Gasteiger partial charge in [0.1, 0.15) is 16.2 Å². The van der Waals surface area contributed by atoms with Gasteiger partial charge in [0.15, 0.2) is 5.69 Å². The van der Waals surface area contributed by atoms with Gasteiger partial charge in [0, 0.05) is 30.0 Å². The minimum Gasteiger partial charge on any atom is -0.462 e. The van der Waals surface area contributed by atoms with Gasteiger partial charge in [-0.3, -0.25) is 19.3 Å². The van der Waals surface area contributed by atoms with Crippen LogP contribution in [0.15, 0.2) is 49.1 Å². The standard InChI is InChI=1S/C22H17N5O3S/c1-2-30-22(29)20-18-15(9-13-5-3-7-25-11-13)17(24)16(10-23)27(18)21(28)19(31-20)14-6-4-8-26-12-14/h3-9,11-12,19H,2,24H2,1H3/b15-9+. The number of carbonyl (C=O) groups excluding carboxylic acids is 2. The van der Waals surface area contributed by atoms with Crippen LogP contribution in [0.3, 0.4) is 0 Å². The van der Waals surface area contributed by atoms with E-state index in [-0.39, 0.29) is 34.1 Å². The van der Waals surface area contributed by atoms with Gasteiger partial charge in [-0.05, 0) is 36.3 Å². The Bertz CT molecular complexity index is 1330. The third-order valence-corrected chi connectivity index (χ3v) is 6.00. The van der Waals surface area contributed by atoms with Crippen molar-refractivity contribution in [3.63, 3.8) is 0 Å². The minimum atomic E-state index is -0.772. The molecule has 3 aromatic rings. The first kappa shape index (κ1) is 20.4. The van der Waals surface area contributed by atoms with Crippen LogP contribution in [0.2, 0.25) is 0 Å². The van der Waals surface area contributed by atoms with E-state index < -0.39 is 11.2 Å². The van der Waals surface area contributed by atoms with Crippen LogP contribution in [0.4, 0.5) is 5.69 Å². The maximum atomic E-state index is 13.5. The van der Waals surface area contributed by atoms with Gasteiger partial charge in [-0.1, -0.05) is 23.9 Å². The third kappa shape index (κ3) is 3.58. The first-order valence-corrected chi connectivity index (χ1v) is 10.3. The number of hydrogen-bond acceptors (Lipinski definition) is 8. The normalized spacial score (nSPS) is 16.0. The summed E-state index contributed by atoms with van der Waals surface area (Å²) in [7, 11) is 0. The molecule has 0 amide bonds. The number of nitrogens with zero attached hydrogens (tertiary/aromatic N) is 4. The maximum Gasteiger partial charge on any atom is 0.346 e. The van der Waals surface area contributed by atoms with Gasteiger partial charge in [0.25, 0.3) is 0 Å². The van der Waals surface area contributed by atoms with Crippen molar-refractivity contribution in [2.24, 2.45) is 0 Å². The van der Waals surface area contributed by atoms with Crippen molar-refractivity contribution in [2.45, 2.75) is 12.2 Å². The van der Waals surface area contributed by atoms with Gasteiger partial charge < -0.3 is 10.5 Å². The molecule has 0 saturated carbocycles. The molecule has 4 heterocycles. The Morgan fingerprint density at radius 1 is 1.32 bits per heavy atom. The fourth-order valence-corrected chi connectivity index (χ4v) is 4.55. The highest BCUT2D eigenvalue weighted by molar-refractivity contribution is 8.10. The summed E-state index contributed by atoms with van der Waals surface area (Å²) in [5.74, 6) is -0.965. The highest BCUT2D eigenvalue weighted by atomic mass is 32.2. The number of thioether (sulfide) groups is 1. The molecule has 31 heavy (non-hydrogen) atoms. The molecule has 3 aromatic heterocycles. The highest BCUT2D eigenvalue weighted by Crippen LogP contribution is 2.39. The monoisotopic (exact) mass is 431 g/mol. The van der Waals surface area contributed by atoms with E-state index in [1.807, 2.05) is 12.1 Å². The van der Waals surface area contributed by atoms with Crippen molar-refractivity contribution < 1.29 is 14.3 Å². The summed E-state index contributed by atoms with van der Waals surface area (Å²) in [6.07, 6.45) is 8.11. The molecule has 1 aliphatic heterocycles. The molecule has 0 spiro atoms. The molecular formula is C22H17N5O3S. The van der Waals surface area contributed by atoms with Crippen LogP contribution in [-0.4, -0.2) is 33.0 Å². The number of esters is 1. The van der Waals surface area contributed by atoms with Crippen molar-refractivity contribution in [2.75, 3.05) is 12.3 Å². The molecule has 2 N–H and O–H groups in total. The number of aromatic nitrogens is 3. The quantitative estimate of drug-likeness (QED) is 0.614. The number of pyridine rings is 2. The van der Waals surface area contributed by atoms with Gasteiger partial charge in [-0.25, -0.2) is 4.79 Å². The van der Waals surface area contributed by atoms with Crippen LogP contribution in [-0.2, 0) is 9.53 Å². The Morgan fingerprint density at radius 3 is 2.68 bits per heavy atom. The van der Waals surface area contributed by atoms with Crippen molar-refractivity contribution in [3.05, 3.63) is 76.4 Å². The van der Waals surface area contributed by atoms with E-state index in [2.05, 4.69) is 9.97 Å². The number of ether oxygens (including phenoxy) is 1. The second-order valence-corrected chi connectivity index (χ2v) is 7.69. The Labute approximate surface area is 181 Å². The van der Waals surface area contributed by atoms with E-state index >= 15 is 0 Å². The second kappa shape index (κ2) is 8.45. The van der Waals surface area contributed by atoms with Gasteiger partial charge >= 0.3 is 5.97 Å². The van der Waals surface area contributed by atoms with Crippen molar-refractivity contribution >= 4 is 40.3 Å². The zero-order valence-electron chi connectivity index (χ0n) is 16.5. The summed E-state index contributed by atoms with van der Waals surface area (Å²) in [5.41, 5.74) is 7.70. The largest absolute Gasteiger partial charge is 0.462 e. The molecule has 1 aliphatic rings. The number of rotatable bonds is 4. The SMILES string of the molecule is CCOC(=O)C1=c2/c(=C/c3cccnc3)c(N)c(C#N)n2C(=O)C(c2cccnc2)S1. The number of carbonyl (C=O) groups is 2. The van der Waals surface area contributed by atoms with E-state index in [0.29, 0.717) is 16.3 Å². The molecule has 0 aromatic carbocycles. The smallest absolute Gasteiger partial charge is 0.346 e. The average molecular weight is 431 g/mol. The first-order chi connectivity index (χ1) is 15.1. The van der Waals surface area contributed by atoms with Crippen molar-refractivity contribution in [1.82, 2.24) is 14.5 Å². The Hall–Kier alpha value is -3.90. The summed E-state index contributed by atoms with van der Waals surface area (Å²) < 4.78 is 6.48. The van der Waals surface area contributed by atoms with E-state index in [4.69, 9.17) is 10.5 Å². The lowest BCUT2D eigenvalue weighted by Gasteiger charge is -2.22. The molecule has 0 bridgehead atoms. The number of hydrogen-bond donors (Lipinski definition) is 1. The molecule has 9 heteroatoms. The molecule has 1 unspecified atom stereocenters. The lowest BCUT2D eigenvalue weighted by Crippen LogP contribution is -2.42. The minimum absolute atomic E-state index is 0.0221. The molecule has 0 fully saturated rings. The van der Waals surface area contributed by atoms with Crippen molar-refractivity contribution in [3.8, 4) is 6.07 Å². The predicted molar refractivity (Wildman–Crippen MR) is 116 cm³/mol. The van der Waals surface area contributed by atoms with Crippen LogP contribution in [0.5, 0.6) is 0 Å². The number of fused-ring (bicyclic) bond motifs is 1. The fourth-order valence-electron chi connectivity index (χ4n) is 3.36. The number of nitrogen functional groups attached to an aromatic ring is 1. The summed E-state index contributed by atoms with van der Waals surface area (Å²) in [4.78, 5) is 34.7. The molecule has 1 atom stereocenters. The second-order valence-electron chi connectivity index (χ2n) is 6.57. The van der Waals surface area contributed by atoms with E-state index in [1.165, 1.54) is 4.57 Å². The van der Waals surface area contributed by atoms with E-state index in [0.717, 1.165) is 11.8 Å². The molecule has 8 nitrogen and oxygen atoms in total. The van der Waals surface area contributed by atoms with Crippen LogP contribution >= 0.6 is 11.8 Å². The predicted octanol–water partition coefficient (Wildman–Crippen LogP) is 1.36. The summed E-state index contributed by atoms with van der Waals surface area (Å²) >= 11 is 1.07. The number of nitrogens with two attached hydrogens (primary N) is 1. The van der Waals surface area contributed by atoms with Gasteiger partial charge in [-0.2, -0.15) is 5.26 Å². The van der Waals surface area contributed by atoms with Gasteiger partial charge in [0.05, 0.1) is 17.6 Å². The molecule has 154 valence electrons. The van der Waals surface area contributed by atoms with Crippen LogP contribution in [0, 0.1) is 11.3 Å². The summed E-state index contributed by atoms with van der Waals surface area (Å²) in [6.45, 7) is 1.86. The molecule has 0 radical (unpaired) electrons. The average Bonchev–Trinajstić information content (AvgIpc) is 3.07. The number of nitriles is 1. The topological polar surface area (TPSA) is 124 Å². The van der Waals surface area contributed by atoms with Gasteiger partial charge in [0.2, 0.25) is 5.91 Å². The lowest BCUT2D eigenvalue weighted by atomic mass is 10.2. The molecular weight excluding hydrogens is 414 g/mol. The first-order valence-electron chi connectivity index (χ1n) is 9.41. The highest BCUT2D eigenvalue weighted by Gasteiger charge is 2.36. The maximum absolute atomic E-state index is 13.5.